The number of nitrogens with zero attached hydrogens (tertiary/aromatic N) is 1. The summed E-state index contributed by atoms with van der Waals surface area (Å²) in [5.41, 5.74) is 4.84. The summed E-state index contributed by atoms with van der Waals surface area (Å²) in [5, 5.41) is 0. The van der Waals surface area contributed by atoms with E-state index in [1.54, 1.807) is 0 Å². The Labute approximate surface area is 126 Å². The van der Waals surface area contributed by atoms with Crippen molar-refractivity contribution in [1.82, 2.24) is 4.90 Å². The molecule has 1 heterocycles. The average Bonchev–Trinajstić information content (AvgIpc) is 2.90. The number of hydrogen-bond donors (Lipinski definition) is 1. The van der Waals surface area contributed by atoms with Crippen molar-refractivity contribution in [3.05, 3.63) is 29.3 Å². The molecule has 0 unspecified atom stereocenters. The molecule has 1 aliphatic heterocycles. The van der Waals surface area contributed by atoms with Crippen LogP contribution in [0.3, 0.4) is 0 Å². The van der Waals surface area contributed by atoms with E-state index in [0.29, 0.717) is 12.4 Å². The molecule has 3 nitrogen and oxygen atoms in total. The maximum absolute atomic E-state index is 12.7. The van der Waals surface area contributed by atoms with Crippen LogP contribution in [0.4, 0.5) is 13.2 Å². The van der Waals surface area contributed by atoms with Gasteiger partial charge in [0.15, 0.2) is 0 Å². The first-order valence-corrected chi connectivity index (χ1v) is 7.15. The monoisotopic (exact) mass is 318 g/mol. The number of thiocarbonyl (C=S) groups is 1. The van der Waals surface area contributed by atoms with Crippen LogP contribution in [0.2, 0.25) is 0 Å². The van der Waals surface area contributed by atoms with E-state index in [1.165, 1.54) is 18.9 Å². The van der Waals surface area contributed by atoms with Gasteiger partial charge in [0, 0.05) is 6.54 Å². The number of ether oxygens (including phenoxy) is 1. The minimum absolute atomic E-state index is 0.0997. The highest BCUT2D eigenvalue weighted by Gasteiger charge is 2.31. The van der Waals surface area contributed by atoms with E-state index in [4.69, 9.17) is 22.7 Å². The van der Waals surface area contributed by atoms with Gasteiger partial charge < -0.3 is 10.5 Å². The third-order valence-electron chi connectivity index (χ3n) is 3.44. The first kappa shape index (κ1) is 16.0. The Morgan fingerprint density at radius 1 is 1.29 bits per heavy atom. The quantitative estimate of drug-likeness (QED) is 0.847. The van der Waals surface area contributed by atoms with Gasteiger partial charge in [-0.2, -0.15) is 13.2 Å². The van der Waals surface area contributed by atoms with Crippen molar-refractivity contribution < 1.29 is 17.9 Å². The number of rotatable bonds is 5. The molecule has 0 radical (unpaired) electrons. The Morgan fingerprint density at radius 2 is 1.95 bits per heavy atom. The van der Waals surface area contributed by atoms with Crippen molar-refractivity contribution in [3.8, 4) is 5.75 Å². The van der Waals surface area contributed by atoms with Crippen LogP contribution in [0.5, 0.6) is 5.75 Å². The lowest BCUT2D eigenvalue weighted by atomic mass is 10.1. The van der Waals surface area contributed by atoms with Crippen LogP contribution in [-0.4, -0.2) is 36.1 Å². The molecule has 0 spiro atoms. The van der Waals surface area contributed by atoms with Gasteiger partial charge in [-0.25, -0.2) is 0 Å². The molecule has 0 aliphatic carbocycles. The predicted molar refractivity (Wildman–Crippen MR) is 78.5 cm³/mol. The summed E-state index contributed by atoms with van der Waals surface area (Å²) in [6, 6.07) is 3.20. The van der Waals surface area contributed by atoms with E-state index in [9.17, 15) is 13.2 Å². The van der Waals surface area contributed by atoms with E-state index in [1.807, 2.05) is 0 Å². The van der Waals surface area contributed by atoms with Crippen molar-refractivity contribution in [3.63, 3.8) is 0 Å². The molecule has 0 saturated carbocycles. The van der Waals surface area contributed by atoms with Crippen LogP contribution >= 0.6 is 12.2 Å². The lowest BCUT2D eigenvalue weighted by molar-refractivity contribution is -0.137. The van der Waals surface area contributed by atoms with Crippen molar-refractivity contribution in [1.29, 1.82) is 0 Å². The molecule has 0 amide bonds. The molecule has 0 bridgehead atoms. The van der Waals surface area contributed by atoms with Crippen molar-refractivity contribution >= 4 is 17.2 Å². The third kappa shape index (κ3) is 4.31. The smallest absolute Gasteiger partial charge is 0.416 e. The topological polar surface area (TPSA) is 38.5 Å². The van der Waals surface area contributed by atoms with Gasteiger partial charge in [0.25, 0.3) is 0 Å². The largest absolute Gasteiger partial charge is 0.492 e. The van der Waals surface area contributed by atoms with Gasteiger partial charge in [0.05, 0.1) is 11.1 Å². The SMILES string of the molecule is NC(=S)c1cc(C(F)(F)F)ccc1OCCN1CCCC1. The van der Waals surface area contributed by atoms with E-state index >= 15 is 0 Å². The molecule has 1 aromatic rings. The molecular formula is C14H17F3N2OS. The standard InChI is InChI=1S/C14H17F3N2OS/c15-14(16,17)10-3-4-12(11(9-10)13(18)21)20-8-7-19-5-1-2-6-19/h3-4,9H,1-2,5-8H2,(H2,18,21). The Balaban J connectivity index is 2.05. The molecular weight excluding hydrogens is 301 g/mol. The molecule has 1 aliphatic rings. The van der Waals surface area contributed by atoms with Gasteiger partial charge in [0.1, 0.15) is 17.3 Å². The summed E-state index contributed by atoms with van der Waals surface area (Å²) in [6.07, 6.45) is -2.07. The second-order valence-corrected chi connectivity index (χ2v) is 5.41. The fourth-order valence-corrected chi connectivity index (χ4v) is 2.48. The lowest BCUT2D eigenvalue weighted by Gasteiger charge is -2.17. The van der Waals surface area contributed by atoms with E-state index in [-0.39, 0.29) is 10.6 Å². The summed E-state index contributed by atoms with van der Waals surface area (Å²) in [4.78, 5) is 2.15. The highest BCUT2D eigenvalue weighted by molar-refractivity contribution is 7.80. The zero-order valence-corrected chi connectivity index (χ0v) is 12.3. The molecule has 1 fully saturated rings. The number of nitrogens with two attached hydrogens (primary N) is 1. The zero-order valence-electron chi connectivity index (χ0n) is 11.4. The maximum atomic E-state index is 12.7. The van der Waals surface area contributed by atoms with Crippen LogP contribution in [0.1, 0.15) is 24.0 Å². The molecule has 21 heavy (non-hydrogen) atoms. The van der Waals surface area contributed by atoms with Crippen molar-refractivity contribution in [2.24, 2.45) is 5.73 Å². The normalized spacial score (nSPS) is 16.1. The van der Waals surface area contributed by atoms with Gasteiger partial charge in [-0.15, -0.1) is 0 Å². The number of hydrogen-bond acceptors (Lipinski definition) is 3. The first-order valence-electron chi connectivity index (χ1n) is 6.74. The molecule has 1 aromatic carbocycles. The van der Waals surface area contributed by atoms with Crippen LogP contribution in [0.25, 0.3) is 0 Å². The van der Waals surface area contributed by atoms with Gasteiger partial charge in [0.2, 0.25) is 0 Å². The summed E-state index contributed by atoms with van der Waals surface area (Å²) >= 11 is 4.81. The van der Waals surface area contributed by atoms with Crippen molar-refractivity contribution in [2.45, 2.75) is 19.0 Å². The number of halogens is 3. The van der Waals surface area contributed by atoms with Gasteiger partial charge >= 0.3 is 6.18 Å². The lowest BCUT2D eigenvalue weighted by Crippen LogP contribution is -2.25. The fraction of sp³-hybridized carbons (Fsp3) is 0.500. The van der Waals surface area contributed by atoms with Gasteiger partial charge in [-0.1, -0.05) is 12.2 Å². The zero-order chi connectivity index (χ0) is 15.5. The van der Waals surface area contributed by atoms with Crippen LogP contribution in [-0.2, 0) is 6.18 Å². The summed E-state index contributed by atoms with van der Waals surface area (Å²) in [7, 11) is 0. The predicted octanol–water partition coefficient (Wildman–Crippen LogP) is 2.81. The molecule has 1 saturated heterocycles. The van der Waals surface area contributed by atoms with Crippen LogP contribution in [0, 0.1) is 0 Å². The second-order valence-electron chi connectivity index (χ2n) is 4.97. The Kier molecular flexibility index (Phi) is 5.05. The molecule has 116 valence electrons. The summed E-state index contributed by atoms with van der Waals surface area (Å²) < 4.78 is 43.6. The Bertz CT molecular complexity index is 513. The van der Waals surface area contributed by atoms with E-state index in [0.717, 1.165) is 31.8 Å². The number of benzene rings is 1. The van der Waals surface area contributed by atoms with Crippen molar-refractivity contribution in [2.75, 3.05) is 26.2 Å². The van der Waals surface area contributed by atoms with Crippen LogP contribution in [0.15, 0.2) is 18.2 Å². The minimum atomic E-state index is -4.42. The highest BCUT2D eigenvalue weighted by Crippen LogP contribution is 2.32. The number of alkyl halides is 3. The molecule has 2 rings (SSSR count). The fourth-order valence-electron chi connectivity index (χ4n) is 2.32. The van der Waals surface area contributed by atoms with Crippen LogP contribution < -0.4 is 10.5 Å². The molecule has 0 atom stereocenters. The third-order valence-corrected chi connectivity index (χ3v) is 3.66. The minimum Gasteiger partial charge on any atom is -0.492 e. The Morgan fingerprint density at radius 3 is 2.52 bits per heavy atom. The molecule has 0 aromatic heterocycles. The molecule has 2 N–H and O–H groups in total. The van der Waals surface area contributed by atoms with Gasteiger partial charge in [-0.3, -0.25) is 4.90 Å². The van der Waals surface area contributed by atoms with E-state index < -0.39 is 11.7 Å². The average molecular weight is 318 g/mol. The second kappa shape index (κ2) is 6.62. The Hall–Kier alpha value is -1.34. The molecule has 7 heteroatoms. The first-order chi connectivity index (χ1) is 9.88. The van der Waals surface area contributed by atoms with Gasteiger partial charge in [-0.05, 0) is 44.1 Å². The number of likely N-dealkylation sites (tertiary alicyclic amines) is 1. The van der Waals surface area contributed by atoms with E-state index in [2.05, 4.69) is 4.90 Å². The summed E-state index contributed by atoms with van der Waals surface area (Å²) in [6.45, 7) is 3.23. The summed E-state index contributed by atoms with van der Waals surface area (Å²) in [5.74, 6) is 0.301. The highest BCUT2D eigenvalue weighted by atomic mass is 32.1. The maximum Gasteiger partial charge on any atom is 0.416 e.